The van der Waals surface area contributed by atoms with Crippen molar-refractivity contribution in [2.75, 3.05) is 5.73 Å². The summed E-state index contributed by atoms with van der Waals surface area (Å²) in [7, 11) is 0. The van der Waals surface area contributed by atoms with E-state index >= 15 is 0 Å². The molecule has 1 heterocycles. The molecule has 0 aliphatic heterocycles. The number of carboxylic acid groups (broad SMARTS) is 1. The van der Waals surface area contributed by atoms with Crippen LogP contribution in [0.1, 0.15) is 16.1 Å². The van der Waals surface area contributed by atoms with Gasteiger partial charge in [0.05, 0.1) is 5.69 Å². The highest BCUT2D eigenvalue weighted by Crippen LogP contribution is 2.25. The van der Waals surface area contributed by atoms with Crippen LogP contribution in [0.2, 0.25) is 5.15 Å². The lowest BCUT2D eigenvalue weighted by Crippen LogP contribution is -2.08. The van der Waals surface area contributed by atoms with Gasteiger partial charge in [0, 0.05) is 5.56 Å². The third-order valence-corrected chi connectivity index (χ3v) is 1.83. The number of rotatable bonds is 2. The molecule has 3 N–H and O–H groups in total. The second kappa shape index (κ2) is 3.63. The number of nitrogens with zero attached hydrogens (tertiary/aromatic N) is 1. The zero-order chi connectivity index (χ0) is 10.9. The number of nitrogens with two attached hydrogens (primary N) is 1. The molecule has 0 saturated heterocycles. The third-order valence-electron chi connectivity index (χ3n) is 1.58. The lowest BCUT2D eigenvalue weighted by atomic mass is 10.1. The van der Waals surface area contributed by atoms with Gasteiger partial charge in [-0.1, -0.05) is 24.3 Å². The average molecular weight is 217 g/mol. The van der Waals surface area contributed by atoms with E-state index in [0.29, 0.717) is 0 Å². The standard InChI is InChI=1S/C8H6ClFN2O2/c1-2-3-5(11)4(10)7(9)12-6(3)8(13)14/h2H,1H2,(H2,11,12)(H,13,14). The normalized spacial score (nSPS) is 9.86. The predicted molar refractivity (Wildman–Crippen MR) is 50.7 cm³/mol. The van der Waals surface area contributed by atoms with Crippen LogP contribution < -0.4 is 5.73 Å². The van der Waals surface area contributed by atoms with E-state index in [2.05, 4.69) is 11.6 Å². The molecule has 1 rings (SSSR count). The monoisotopic (exact) mass is 216 g/mol. The van der Waals surface area contributed by atoms with Crippen molar-refractivity contribution >= 4 is 29.3 Å². The lowest BCUT2D eigenvalue weighted by Gasteiger charge is -2.06. The van der Waals surface area contributed by atoms with E-state index in [4.69, 9.17) is 22.4 Å². The summed E-state index contributed by atoms with van der Waals surface area (Å²) < 4.78 is 13.1. The van der Waals surface area contributed by atoms with E-state index in [1.54, 1.807) is 0 Å². The number of aromatic nitrogens is 1. The molecule has 0 atom stereocenters. The quantitative estimate of drug-likeness (QED) is 0.739. The molecule has 6 heteroatoms. The molecule has 0 spiro atoms. The van der Waals surface area contributed by atoms with E-state index in [-0.39, 0.29) is 11.3 Å². The summed E-state index contributed by atoms with van der Waals surface area (Å²) in [6.45, 7) is 3.31. The minimum absolute atomic E-state index is 0.0700. The second-order valence-electron chi connectivity index (χ2n) is 2.40. The largest absolute Gasteiger partial charge is 0.476 e. The van der Waals surface area contributed by atoms with Crippen molar-refractivity contribution in [1.29, 1.82) is 0 Å². The summed E-state index contributed by atoms with van der Waals surface area (Å²) in [5.74, 6) is -2.28. The fraction of sp³-hybridized carbons (Fsp3) is 0. The Kier molecular flexibility index (Phi) is 2.71. The van der Waals surface area contributed by atoms with Gasteiger partial charge in [-0.05, 0) is 0 Å². The topological polar surface area (TPSA) is 76.2 Å². The number of pyridine rings is 1. The number of halogens is 2. The number of carboxylic acids is 1. The second-order valence-corrected chi connectivity index (χ2v) is 2.76. The molecule has 0 aromatic carbocycles. The van der Waals surface area contributed by atoms with Crippen molar-refractivity contribution in [3.8, 4) is 0 Å². The number of nitrogen functional groups attached to an aromatic ring is 1. The minimum atomic E-state index is -1.34. The van der Waals surface area contributed by atoms with Crippen LogP contribution in [0, 0.1) is 5.82 Å². The molecule has 0 amide bonds. The molecule has 1 aromatic heterocycles. The Morgan fingerprint density at radius 3 is 2.71 bits per heavy atom. The van der Waals surface area contributed by atoms with Gasteiger partial charge in [-0.15, -0.1) is 0 Å². The van der Waals surface area contributed by atoms with E-state index in [1.165, 1.54) is 0 Å². The molecule has 0 fully saturated rings. The van der Waals surface area contributed by atoms with Crippen molar-refractivity contribution in [2.45, 2.75) is 0 Å². The minimum Gasteiger partial charge on any atom is -0.476 e. The van der Waals surface area contributed by atoms with E-state index in [1.807, 2.05) is 0 Å². The SMILES string of the molecule is C=Cc1c(C(=O)O)nc(Cl)c(F)c1N. The van der Waals surface area contributed by atoms with Gasteiger partial charge in [-0.3, -0.25) is 0 Å². The Hall–Kier alpha value is -1.62. The maximum Gasteiger partial charge on any atom is 0.355 e. The van der Waals surface area contributed by atoms with Crippen LogP contribution in [-0.2, 0) is 0 Å². The van der Waals surface area contributed by atoms with Gasteiger partial charge in [0.1, 0.15) is 0 Å². The first kappa shape index (κ1) is 10.5. The van der Waals surface area contributed by atoms with E-state index in [0.717, 1.165) is 6.08 Å². The van der Waals surface area contributed by atoms with Gasteiger partial charge in [-0.25, -0.2) is 14.2 Å². The van der Waals surface area contributed by atoms with Crippen LogP contribution in [0.4, 0.5) is 10.1 Å². The molecule has 14 heavy (non-hydrogen) atoms. The molecule has 1 aromatic rings. The highest BCUT2D eigenvalue weighted by molar-refractivity contribution is 6.30. The first-order chi connectivity index (χ1) is 6.49. The maximum absolute atomic E-state index is 13.1. The van der Waals surface area contributed by atoms with Crippen molar-refractivity contribution in [1.82, 2.24) is 4.98 Å². The molecule has 0 unspecified atom stereocenters. The Morgan fingerprint density at radius 2 is 2.29 bits per heavy atom. The van der Waals surface area contributed by atoms with E-state index in [9.17, 15) is 9.18 Å². The van der Waals surface area contributed by atoms with Crippen LogP contribution in [-0.4, -0.2) is 16.1 Å². The van der Waals surface area contributed by atoms with Crippen molar-refractivity contribution in [3.05, 3.63) is 28.8 Å². The van der Waals surface area contributed by atoms with Gasteiger partial charge in [0.2, 0.25) is 0 Å². The molecule has 74 valence electrons. The first-order valence-electron chi connectivity index (χ1n) is 3.49. The Labute approximate surface area is 83.8 Å². The highest BCUT2D eigenvalue weighted by Gasteiger charge is 2.18. The van der Waals surface area contributed by atoms with Crippen LogP contribution in [0.15, 0.2) is 6.58 Å². The summed E-state index contributed by atoms with van der Waals surface area (Å²) in [6.07, 6.45) is 1.12. The Morgan fingerprint density at radius 1 is 1.71 bits per heavy atom. The average Bonchev–Trinajstić information content (AvgIpc) is 2.13. The Bertz CT molecular complexity index is 420. The smallest absolute Gasteiger partial charge is 0.355 e. The van der Waals surface area contributed by atoms with Crippen molar-refractivity contribution < 1.29 is 14.3 Å². The van der Waals surface area contributed by atoms with Crippen LogP contribution in [0.25, 0.3) is 6.08 Å². The molecule has 0 aliphatic carbocycles. The van der Waals surface area contributed by atoms with Gasteiger partial charge >= 0.3 is 5.97 Å². The lowest BCUT2D eigenvalue weighted by molar-refractivity contribution is 0.0690. The molecule has 0 bridgehead atoms. The van der Waals surface area contributed by atoms with Crippen LogP contribution >= 0.6 is 11.6 Å². The number of hydrogen-bond acceptors (Lipinski definition) is 3. The predicted octanol–water partition coefficient (Wildman–Crippen LogP) is 1.80. The number of anilines is 1. The zero-order valence-corrected chi connectivity index (χ0v) is 7.68. The van der Waals surface area contributed by atoms with Crippen molar-refractivity contribution in [3.63, 3.8) is 0 Å². The Balaban J connectivity index is 3.59. The van der Waals surface area contributed by atoms with Gasteiger partial charge in [-0.2, -0.15) is 0 Å². The summed E-state index contributed by atoms with van der Waals surface area (Å²) in [5, 5.41) is 8.13. The molecule has 0 radical (unpaired) electrons. The van der Waals surface area contributed by atoms with Gasteiger partial charge in [0.25, 0.3) is 0 Å². The molecule has 4 nitrogen and oxygen atoms in total. The maximum atomic E-state index is 13.1. The summed E-state index contributed by atoms with van der Waals surface area (Å²) in [6, 6.07) is 0. The number of carbonyl (C=O) groups is 1. The first-order valence-corrected chi connectivity index (χ1v) is 3.87. The number of hydrogen-bond donors (Lipinski definition) is 2. The highest BCUT2D eigenvalue weighted by atomic mass is 35.5. The van der Waals surface area contributed by atoms with Crippen molar-refractivity contribution in [2.24, 2.45) is 0 Å². The van der Waals surface area contributed by atoms with E-state index < -0.39 is 22.6 Å². The fourth-order valence-electron chi connectivity index (χ4n) is 0.934. The van der Waals surface area contributed by atoms with Gasteiger partial charge in [0.15, 0.2) is 16.7 Å². The summed E-state index contributed by atoms with van der Waals surface area (Å²) in [4.78, 5) is 14.0. The van der Waals surface area contributed by atoms with Crippen LogP contribution in [0.5, 0.6) is 0 Å². The molecule has 0 aliphatic rings. The third kappa shape index (κ3) is 1.54. The molecule has 0 saturated carbocycles. The number of aromatic carboxylic acids is 1. The fourth-order valence-corrected chi connectivity index (χ4v) is 1.12. The molecular weight excluding hydrogens is 211 g/mol. The molecular formula is C8H6ClFN2O2. The summed E-state index contributed by atoms with van der Waals surface area (Å²) >= 11 is 5.33. The van der Waals surface area contributed by atoms with Crippen LogP contribution in [0.3, 0.4) is 0 Å². The zero-order valence-electron chi connectivity index (χ0n) is 6.92. The van der Waals surface area contributed by atoms with Gasteiger partial charge < -0.3 is 10.8 Å². The summed E-state index contributed by atoms with van der Waals surface area (Å²) in [5.41, 5.74) is 4.45.